The largest absolute Gasteiger partial charge is 0.376 e. The molecule has 1 saturated heterocycles. The molecule has 0 radical (unpaired) electrons. The van der Waals surface area contributed by atoms with E-state index in [-0.39, 0.29) is 30.0 Å². The Labute approximate surface area is 170 Å². The van der Waals surface area contributed by atoms with E-state index in [2.05, 4.69) is 5.32 Å². The quantitative estimate of drug-likeness (QED) is 0.709. The summed E-state index contributed by atoms with van der Waals surface area (Å²) in [4.78, 5) is 12.5. The second-order valence-electron chi connectivity index (χ2n) is 6.65. The lowest BCUT2D eigenvalue weighted by Crippen LogP contribution is -2.42. The monoisotopic (exact) mass is 422 g/mol. The first-order valence-electron chi connectivity index (χ1n) is 9.13. The fourth-order valence-corrected chi connectivity index (χ4v) is 4.53. The molecule has 0 bridgehead atoms. The van der Waals surface area contributed by atoms with Gasteiger partial charge >= 0.3 is 0 Å². The van der Waals surface area contributed by atoms with Crippen molar-refractivity contribution < 1.29 is 17.9 Å². The molecule has 6 nitrogen and oxygen atoms in total. The number of halogens is 1. The standard InChI is InChI=1S/C20H23ClN2O4S/c21-17-8-10-19(11-9-17)28(25,26)23(14-16-5-2-1-3-6-16)15-20(24)22-13-18-7-4-12-27-18/h1-3,5-6,8-11,18H,4,7,12-15H2,(H,22,24). The fraction of sp³-hybridized carbons (Fsp3) is 0.350. The van der Waals surface area contributed by atoms with Gasteiger partial charge in [0.15, 0.2) is 0 Å². The van der Waals surface area contributed by atoms with Crippen LogP contribution in [0.4, 0.5) is 0 Å². The predicted molar refractivity (Wildman–Crippen MR) is 107 cm³/mol. The molecule has 1 atom stereocenters. The summed E-state index contributed by atoms with van der Waals surface area (Å²) in [6.07, 6.45) is 1.88. The first-order valence-corrected chi connectivity index (χ1v) is 10.9. The highest BCUT2D eigenvalue weighted by Crippen LogP contribution is 2.20. The van der Waals surface area contributed by atoms with E-state index < -0.39 is 10.0 Å². The lowest BCUT2D eigenvalue weighted by atomic mass is 10.2. The molecule has 0 saturated carbocycles. The number of hydrogen-bond acceptors (Lipinski definition) is 4. The fourth-order valence-electron chi connectivity index (χ4n) is 3.02. The maximum atomic E-state index is 13.1. The lowest BCUT2D eigenvalue weighted by molar-refractivity contribution is -0.121. The maximum Gasteiger partial charge on any atom is 0.243 e. The van der Waals surface area contributed by atoms with Gasteiger partial charge in [0.05, 0.1) is 17.5 Å². The Morgan fingerprint density at radius 3 is 2.50 bits per heavy atom. The first kappa shape index (κ1) is 20.8. The third kappa shape index (κ3) is 5.54. The van der Waals surface area contributed by atoms with E-state index in [1.807, 2.05) is 30.3 Å². The van der Waals surface area contributed by atoms with Crippen molar-refractivity contribution in [3.8, 4) is 0 Å². The second-order valence-corrected chi connectivity index (χ2v) is 9.03. The molecule has 0 aliphatic carbocycles. The minimum Gasteiger partial charge on any atom is -0.376 e. The van der Waals surface area contributed by atoms with E-state index in [9.17, 15) is 13.2 Å². The Kier molecular flexibility index (Phi) is 7.07. The number of carbonyl (C=O) groups is 1. The molecule has 8 heteroatoms. The van der Waals surface area contributed by atoms with Crippen LogP contribution >= 0.6 is 11.6 Å². The number of ether oxygens (including phenoxy) is 1. The summed E-state index contributed by atoms with van der Waals surface area (Å²) in [5.74, 6) is -0.357. The van der Waals surface area contributed by atoms with Crippen LogP contribution in [-0.2, 0) is 26.1 Å². The van der Waals surface area contributed by atoms with E-state index in [1.54, 1.807) is 0 Å². The Morgan fingerprint density at radius 2 is 1.86 bits per heavy atom. The molecule has 2 aromatic rings. The minimum atomic E-state index is -3.87. The maximum absolute atomic E-state index is 13.1. The van der Waals surface area contributed by atoms with Gasteiger partial charge in [0.1, 0.15) is 0 Å². The molecule has 0 spiro atoms. The van der Waals surface area contributed by atoms with Crippen LogP contribution in [0, 0.1) is 0 Å². The van der Waals surface area contributed by atoms with Crippen LogP contribution in [0.1, 0.15) is 18.4 Å². The van der Waals surface area contributed by atoms with Crippen molar-refractivity contribution in [2.45, 2.75) is 30.4 Å². The molecule has 3 rings (SSSR count). The molecule has 150 valence electrons. The van der Waals surface area contributed by atoms with Gasteiger partial charge in [-0.25, -0.2) is 8.42 Å². The Balaban J connectivity index is 1.75. The minimum absolute atomic E-state index is 0.000560. The van der Waals surface area contributed by atoms with Crippen LogP contribution in [0.2, 0.25) is 5.02 Å². The lowest BCUT2D eigenvalue weighted by Gasteiger charge is -2.22. The molecule has 1 aliphatic heterocycles. The van der Waals surface area contributed by atoms with Crippen LogP contribution in [0.25, 0.3) is 0 Å². The van der Waals surface area contributed by atoms with Gasteiger partial charge in [-0.3, -0.25) is 4.79 Å². The van der Waals surface area contributed by atoms with Crippen molar-refractivity contribution in [2.75, 3.05) is 19.7 Å². The van der Waals surface area contributed by atoms with Gasteiger partial charge in [-0.15, -0.1) is 0 Å². The number of nitrogens with zero attached hydrogens (tertiary/aromatic N) is 1. The first-order chi connectivity index (χ1) is 13.4. The zero-order valence-electron chi connectivity index (χ0n) is 15.4. The molecule has 1 N–H and O–H groups in total. The highest BCUT2D eigenvalue weighted by molar-refractivity contribution is 7.89. The topological polar surface area (TPSA) is 75.7 Å². The number of carbonyl (C=O) groups excluding carboxylic acids is 1. The van der Waals surface area contributed by atoms with Gasteiger partial charge in [0.25, 0.3) is 0 Å². The van der Waals surface area contributed by atoms with Crippen LogP contribution in [0.3, 0.4) is 0 Å². The summed E-state index contributed by atoms with van der Waals surface area (Å²) in [5, 5.41) is 3.23. The highest BCUT2D eigenvalue weighted by Gasteiger charge is 2.27. The Morgan fingerprint density at radius 1 is 1.14 bits per heavy atom. The smallest absolute Gasteiger partial charge is 0.243 e. The molecule has 1 amide bonds. The van der Waals surface area contributed by atoms with E-state index in [1.165, 1.54) is 28.6 Å². The zero-order valence-corrected chi connectivity index (χ0v) is 17.0. The van der Waals surface area contributed by atoms with Crippen molar-refractivity contribution >= 4 is 27.5 Å². The summed E-state index contributed by atoms with van der Waals surface area (Å²) >= 11 is 5.87. The normalized spacial score (nSPS) is 17.0. The average Bonchev–Trinajstić information content (AvgIpc) is 3.21. The average molecular weight is 423 g/mol. The van der Waals surface area contributed by atoms with Gasteiger partial charge in [-0.2, -0.15) is 4.31 Å². The number of sulfonamides is 1. The third-order valence-corrected chi connectivity index (χ3v) is 6.58. The molecule has 1 heterocycles. The second kappa shape index (κ2) is 9.52. The van der Waals surface area contributed by atoms with E-state index in [0.29, 0.717) is 18.2 Å². The number of benzene rings is 2. The van der Waals surface area contributed by atoms with Crippen molar-refractivity contribution in [2.24, 2.45) is 0 Å². The van der Waals surface area contributed by atoms with Crippen molar-refractivity contribution in [1.29, 1.82) is 0 Å². The molecule has 28 heavy (non-hydrogen) atoms. The van der Waals surface area contributed by atoms with Gasteiger partial charge in [0.2, 0.25) is 15.9 Å². The van der Waals surface area contributed by atoms with E-state index in [4.69, 9.17) is 16.3 Å². The Bertz CT molecular complexity index is 882. The van der Waals surface area contributed by atoms with E-state index in [0.717, 1.165) is 18.4 Å². The SMILES string of the molecule is O=C(CN(Cc1ccccc1)S(=O)(=O)c1ccc(Cl)cc1)NCC1CCCO1. The summed E-state index contributed by atoms with van der Waals surface area (Å²) < 4.78 is 32.9. The van der Waals surface area contributed by atoms with Gasteiger partial charge in [-0.05, 0) is 42.7 Å². The molecular formula is C20H23ClN2O4S. The van der Waals surface area contributed by atoms with Crippen molar-refractivity contribution in [3.05, 3.63) is 65.2 Å². The summed E-state index contributed by atoms with van der Waals surface area (Å²) in [6, 6.07) is 15.1. The van der Waals surface area contributed by atoms with Crippen LogP contribution in [0.15, 0.2) is 59.5 Å². The number of nitrogens with one attached hydrogen (secondary N) is 1. The van der Waals surface area contributed by atoms with Crippen LogP contribution < -0.4 is 5.32 Å². The molecule has 1 unspecified atom stereocenters. The number of rotatable bonds is 8. The summed E-state index contributed by atoms with van der Waals surface area (Å²) in [6.45, 7) is 0.913. The third-order valence-electron chi connectivity index (χ3n) is 4.52. The number of hydrogen-bond donors (Lipinski definition) is 1. The molecule has 1 aliphatic rings. The van der Waals surface area contributed by atoms with Gasteiger partial charge < -0.3 is 10.1 Å². The van der Waals surface area contributed by atoms with Crippen LogP contribution in [0.5, 0.6) is 0 Å². The van der Waals surface area contributed by atoms with Crippen molar-refractivity contribution in [3.63, 3.8) is 0 Å². The van der Waals surface area contributed by atoms with Crippen molar-refractivity contribution in [1.82, 2.24) is 9.62 Å². The molecule has 1 fully saturated rings. The van der Waals surface area contributed by atoms with E-state index >= 15 is 0 Å². The Hall–Kier alpha value is -1.93. The zero-order chi connectivity index (χ0) is 20.0. The van der Waals surface area contributed by atoms with Gasteiger partial charge in [0, 0.05) is 24.7 Å². The summed E-state index contributed by atoms with van der Waals surface area (Å²) in [7, 11) is -3.87. The highest BCUT2D eigenvalue weighted by atomic mass is 35.5. The van der Waals surface area contributed by atoms with Crippen LogP contribution in [-0.4, -0.2) is 44.4 Å². The summed E-state index contributed by atoms with van der Waals surface area (Å²) in [5.41, 5.74) is 0.798. The molecule has 2 aromatic carbocycles. The molecular weight excluding hydrogens is 400 g/mol. The number of amides is 1. The predicted octanol–water partition coefficient (Wildman–Crippen LogP) is 2.83. The van der Waals surface area contributed by atoms with Gasteiger partial charge in [-0.1, -0.05) is 41.9 Å². The molecule has 0 aromatic heterocycles.